The molecule has 5 nitrogen and oxygen atoms in total. The van der Waals surface area contributed by atoms with Gasteiger partial charge in [0.1, 0.15) is 11.5 Å². The minimum absolute atomic E-state index is 0.231. The molecule has 6 rings (SSSR count). The summed E-state index contributed by atoms with van der Waals surface area (Å²) >= 11 is 0. The number of hydrogen-bond acceptors (Lipinski definition) is 4. The van der Waals surface area contributed by atoms with E-state index in [0.717, 1.165) is 22.6 Å². The summed E-state index contributed by atoms with van der Waals surface area (Å²) in [6, 6.07) is 29.8. The second kappa shape index (κ2) is 10.6. The van der Waals surface area contributed by atoms with Crippen LogP contribution in [0.1, 0.15) is 54.8 Å². The van der Waals surface area contributed by atoms with Crippen molar-refractivity contribution in [1.82, 2.24) is 9.78 Å². The molecule has 0 saturated carbocycles. The van der Waals surface area contributed by atoms with Gasteiger partial charge in [-0.2, -0.15) is 5.10 Å². The molecule has 4 aromatic carbocycles. The first-order valence-corrected chi connectivity index (χ1v) is 13.8. The number of hydrogen-bond donors (Lipinski definition) is 0. The van der Waals surface area contributed by atoms with Crippen LogP contribution in [0.15, 0.2) is 103 Å². The fraction of sp³-hybridized carbons (Fsp3) is 0.229. The predicted octanol–water partition coefficient (Wildman–Crippen LogP) is 9.12. The summed E-state index contributed by atoms with van der Waals surface area (Å²) in [5, 5.41) is 4.73. The van der Waals surface area contributed by atoms with E-state index in [9.17, 15) is 0 Å². The van der Waals surface area contributed by atoms with Gasteiger partial charge >= 0.3 is 0 Å². The third-order valence-electron chi connectivity index (χ3n) is 7.44. The topological polar surface area (TPSA) is 33.5 Å². The van der Waals surface area contributed by atoms with Gasteiger partial charge in [-0.25, -0.2) is 4.68 Å². The number of anilines is 3. The van der Waals surface area contributed by atoms with Crippen molar-refractivity contribution in [3.8, 4) is 28.3 Å². The van der Waals surface area contributed by atoms with Crippen LogP contribution in [0.4, 0.5) is 17.1 Å². The largest absolute Gasteiger partial charge is 0.457 e. The van der Waals surface area contributed by atoms with Gasteiger partial charge in [-0.05, 0) is 64.9 Å². The molecule has 202 valence electrons. The molecule has 0 spiro atoms. The summed E-state index contributed by atoms with van der Waals surface area (Å²) < 4.78 is 32.2. The highest BCUT2D eigenvalue weighted by Crippen LogP contribution is 2.41. The predicted molar refractivity (Wildman–Crippen MR) is 166 cm³/mol. The van der Waals surface area contributed by atoms with Crippen LogP contribution in [0.5, 0.6) is 11.5 Å². The summed E-state index contributed by atoms with van der Waals surface area (Å²) in [4.78, 5) is 3.44. The van der Waals surface area contributed by atoms with E-state index in [1.54, 1.807) is 0 Å². The smallest absolute Gasteiger partial charge is 0.129 e. The Bertz CT molecular complexity index is 1730. The number of benzene rings is 4. The maximum Gasteiger partial charge on any atom is 0.129 e. The fourth-order valence-corrected chi connectivity index (χ4v) is 5.45. The molecular formula is C35H36N4O. The monoisotopic (exact) mass is 531 g/mol. The van der Waals surface area contributed by atoms with Gasteiger partial charge in [-0.15, -0.1) is 0 Å². The lowest BCUT2D eigenvalue weighted by Crippen LogP contribution is -2.23. The minimum Gasteiger partial charge on any atom is -0.457 e. The van der Waals surface area contributed by atoms with E-state index in [4.69, 9.17) is 13.9 Å². The Hall–Kier alpha value is -4.51. The number of rotatable bonds is 7. The van der Waals surface area contributed by atoms with Gasteiger partial charge in [-0.1, -0.05) is 70.2 Å². The Morgan fingerprint density at radius 2 is 1.38 bits per heavy atom. The lowest BCUT2D eigenvalue weighted by molar-refractivity contribution is 0.482. The van der Waals surface area contributed by atoms with Gasteiger partial charge in [0.2, 0.25) is 0 Å². The van der Waals surface area contributed by atoms with Gasteiger partial charge in [-0.3, -0.25) is 0 Å². The average molecular weight is 532 g/mol. The van der Waals surface area contributed by atoms with Crippen molar-refractivity contribution >= 4 is 17.1 Å². The molecule has 0 bridgehead atoms. The fourth-order valence-electron chi connectivity index (χ4n) is 5.45. The molecule has 0 unspecified atom stereocenters. The van der Waals surface area contributed by atoms with Gasteiger partial charge < -0.3 is 14.5 Å². The normalized spacial score (nSPS) is 14.3. The van der Waals surface area contributed by atoms with Crippen molar-refractivity contribution in [3.05, 3.63) is 115 Å². The molecular weight excluding hydrogens is 492 g/mol. The number of aromatic nitrogens is 2. The standard InChI is InChI=1S/C35H36N4O/c1-24(2)31-15-10-16-32(25(3)4)35(31)26-21-36-39(22-26)28-12-9-14-30(20-28)40-29-13-8-11-27(19-29)38-23-37(5)33-17-6-7-18-34(33)38/h6-22,24-25H,23H2,1-5H3/i5D3. The second-order valence-corrected chi connectivity index (χ2v) is 10.9. The van der Waals surface area contributed by atoms with Crippen LogP contribution in [0, 0.1) is 0 Å². The minimum atomic E-state index is -2.24. The van der Waals surface area contributed by atoms with Crippen LogP contribution in [0.2, 0.25) is 0 Å². The molecule has 2 heterocycles. The maximum atomic E-state index is 8.00. The van der Waals surface area contributed by atoms with Gasteiger partial charge in [0.15, 0.2) is 0 Å². The first kappa shape index (κ1) is 22.3. The van der Waals surface area contributed by atoms with Gasteiger partial charge in [0.05, 0.1) is 29.9 Å². The number of ether oxygens (including phenoxy) is 1. The Morgan fingerprint density at radius 3 is 2.05 bits per heavy atom. The van der Waals surface area contributed by atoms with Crippen molar-refractivity contribution in [2.24, 2.45) is 0 Å². The van der Waals surface area contributed by atoms with Crippen molar-refractivity contribution < 1.29 is 8.85 Å². The molecule has 0 radical (unpaired) electrons. The van der Waals surface area contributed by atoms with E-state index in [0.29, 0.717) is 29.0 Å². The summed E-state index contributed by atoms with van der Waals surface area (Å²) in [6.07, 6.45) is 4.04. The summed E-state index contributed by atoms with van der Waals surface area (Å²) in [7, 11) is 0. The van der Waals surface area contributed by atoms with Crippen LogP contribution < -0.4 is 14.5 Å². The maximum absolute atomic E-state index is 8.00. The van der Waals surface area contributed by atoms with Crippen LogP contribution in [0.3, 0.4) is 0 Å². The van der Waals surface area contributed by atoms with Gasteiger partial charge in [0.25, 0.3) is 0 Å². The van der Waals surface area contributed by atoms with E-state index < -0.39 is 6.98 Å². The van der Waals surface area contributed by atoms with E-state index in [1.165, 1.54) is 21.6 Å². The van der Waals surface area contributed by atoms with E-state index in [-0.39, 0.29) is 6.67 Å². The quantitative estimate of drug-likeness (QED) is 0.210. The Balaban J connectivity index is 1.27. The SMILES string of the molecule is [2H]C([2H])([2H])N1CN(c2cccc(Oc3cccc(-n4cc(-c5c(C(C)C)cccc5C(C)C)cn4)c3)c2)c2ccccc21. The number of fused-ring (bicyclic) bond motifs is 1. The summed E-state index contributed by atoms with van der Waals surface area (Å²) in [5.74, 6) is 2.14. The van der Waals surface area contributed by atoms with Crippen molar-refractivity contribution in [2.75, 3.05) is 23.4 Å². The van der Waals surface area contributed by atoms with Crippen LogP contribution >= 0.6 is 0 Å². The zero-order valence-corrected chi connectivity index (χ0v) is 23.4. The average Bonchev–Trinajstić information content (AvgIpc) is 3.63. The van der Waals surface area contributed by atoms with Crippen molar-refractivity contribution in [3.63, 3.8) is 0 Å². The molecule has 1 aromatic heterocycles. The molecule has 0 aliphatic carbocycles. The highest BCUT2D eigenvalue weighted by Gasteiger charge is 2.24. The molecule has 0 N–H and O–H groups in total. The molecule has 40 heavy (non-hydrogen) atoms. The molecule has 0 saturated heterocycles. The van der Waals surface area contributed by atoms with Crippen LogP contribution in [0.25, 0.3) is 16.8 Å². The number of para-hydroxylation sites is 2. The van der Waals surface area contributed by atoms with Gasteiger partial charge in [0, 0.05) is 40.7 Å². The van der Waals surface area contributed by atoms with Crippen LogP contribution in [-0.2, 0) is 0 Å². The third-order valence-corrected chi connectivity index (χ3v) is 7.44. The van der Waals surface area contributed by atoms with Crippen molar-refractivity contribution in [2.45, 2.75) is 39.5 Å². The van der Waals surface area contributed by atoms with E-state index >= 15 is 0 Å². The van der Waals surface area contributed by atoms with Crippen LogP contribution in [-0.4, -0.2) is 23.4 Å². The second-order valence-electron chi connectivity index (χ2n) is 10.9. The first-order chi connectivity index (χ1) is 20.6. The summed E-state index contributed by atoms with van der Waals surface area (Å²) in [6.45, 7) is 6.92. The summed E-state index contributed by atoms with van der Waals surface area (Å²) in [5.41, 5.74) is 8.32. The highest BCUT2D eigenvalue weighted by atomic mass is 16.5. The zero-order valence-electron chi connectivity index (χ0n) is 26.4. The molecule has 1 aliphatic rings. The third kappa shape index (κ3) is 4.84. The Labute approximate surface area is 241 Å². The molecule has 5 heteroatoms. The molecule has 1 aliphatic heterocycles. The van der Waals surface area contributed by atoms with Crippen molar-refractivity contribution in [1.29, 1.82) is 0 Å². The molecule has 0 amide bonds. The van der Waals surface area contributed by atoms with E-state index in [2.05, 4.69) is 52.1 Å². The molecule has 0 fully saturated rings. The Kier molecular flexibility index (Phi) is 5.90. The highest BCUT2D eigenvalue weighted by molar-refractivity contribution is 5.82. The molecule has 0 atom stereocenters. The lowest BCUT2D eigenvalue weighted by atomic mass is 9.86. The number of nitrogens with zero attached hydrogens (tertiary/aromatic N) is 4. The van der Waals surface area contributed by atoms with E-state index in [1.807, 2.05) is 88.6 Å². The lowest BCUT2D eigenvalue weighted by Gasteiger charge is -2.20. The first-order valence-electron chi connectivity index (χ1n) is 15.3. The zero-order chi connectivity index (χ0) is 30.3. The molecule has 5 aromatic rings. The Morgan fingerprint density at radius 1 is 0.750 bits per heavy atom.